The average Bonchev–Trinajstić information content (AvgIpc) is 2.95. The van der Waals surface area contributed by atoms with Gasteiger partial charge in [0.2, 0.25) is 0 Å². The second-order valence-electron chi connectivity index (χ2n) is 5.24. The van der Waals surface area contributed by atoms with Crippen LogP contribution >= 0.6 is 7.60 Å². The van der Waals surface area contributed by atoms with Crippen LogP contribution in [-0.4, -0.2) is 27.2 Å². The minimum absolute atomic E-state index is 0.241. The van der Waals surface area contributed by atoms with Crippen LogP contribution in [0.2, 0.25) is 0 Å². The molecule has 7 heteroatoms. The Bertz CT molecular complexity index is 797. The molecule has 0 N–H and O–H groups in total. The van der Waals surface area contributed by atoms with Crippen LogP contribution in [0.3, 0.4) is 0 Å². The first-order valence-corrected chi connectivity index (χ1v) is 8.94. The van der Waals surface area contributed by atoms with Crippen LogP contribution in [-0.2, 0) is 13.6 Å². The van der Waals surface area contributed by atoms with Crippen molar-refractivity contribution in [3.8, 4) is 5.75 Å². The first kappa shape index (κ1) is 16.7. The first-order chi connectivity index (χ1) is 11.6. The van der Waals surface area contributed by atoms with Crippen molar-refractivity contribution < 1.29 is 23.1 Å². The molecule has 1 atom stereocenters. The van der Waals surface area contributed by atoms with E-state index in [2.05, 4.69) is 0 Å². The SMILES string of the molecule is COc1ccc(N2C(=O)c3ccccc3C2P(=O)(OC)OC)cc1. The van der Waals surface area contributed by atoms with E-state index in [1.807, 2.05) is 0 Å². The van der Waals surface area contributed by atoms with Gasteiger partial charge in [0.1, 0.15) is 5.75 Å². The van der Waals surface area contributed by atoms with Gasteiger partial charge in [-0.2, -0.15) is 0 Å². The number of ether oxygens (including phenoxy) is 1. The second kappa shape index (κ2) is 6.40. The zero-order valence-corrected chi connectivity index (χ0v) is 14.5. The molecule has 0 saturated carbocycles. The van der Waals surface area contributed by atoms with E-state index < -0.39 is 13.4 Å². The Morgan fingerprint density at radius 2 is 1.58 bits per heavy atom. The highest BCUT2D eigenvalue weighted by Crippen LogP contribution is 2.64. The summed E-state index contributed by atoms with van der Waals surface area (Å²) in [6.07, 6.45) is 0. The Morgan fingerprint density at radius 1 is 0.958 bits per heavy atom. The lowest BCUT2D eigenvalue weighted by molar-refractivity contribution is 0.0992. The predicted octanol–water partition coefficient (Wildman–Crippen LogP) is 3.84. The van der Waals surface area contributed by atoms with Gasteiger partial charge in [0, 0.05) is 25.5 Å². The highest BCUT2D eigenvalue weighted by atomic mass is 31.2. The lowest BCUT2D eigenvalue weighted by Gasteiger charge is -2.29. The third-order valence-electron chi connectivity index (χ3n) is 4.09. The number of fused-ring (bicyclic) bond motifs is 1. The molecule has 0 saturated heterocycles. The van der Waals surface area contributed by atoms with E-state index in [0.717, 1.165) is 0 Å². The molecule has 1 amide bonds. The van der Waals surface area contributed by atoms with Gasteiger partial charge < -0.3 is 13.8 Å². The number of carbonyl (C=O) groups excluding carboxylic acids is 1. The standard InChI is InChI=1S/C17H18NO5P/c1-21-13-10-8-12(9-11-13)18-16(19)14-6-4-5-7-15(14)17(18)24(20,22-2)23-3/h4-11,17H,1-3H3. The summed E-state index contributed by atoms with van der Waals surface area (Å²) < 4.78 is 28.6. The maximum atomic E-state index is 13.1. The van der Waals surface area contributed by atoms with Crippen LogP contribution in [0, 0.1) is 0 Å². The molecule has 2 aromatic carbocycles. The van der Waals surface area contributed by atoms with Crippen LogP contribution < -0.4 is 9.64 Å². The highest BCUT2D eigenvalue weighted by Gasteiger charge is 2.49. The average molecular weight is 347 g/mol. The normalized spacial score (nSPS) is 17.0. The van der Waals surface area contributed by atoms with E-state index in [1.54, 1.807) is 55.6 Å². The Labute approximate surface area is 140 Å². The maximum absolute atomic E-state index is 13.1. The van der Waals surface area contributed by atoms with Crippen LogP contribution in [0.5, 0.6) is 5.75 Å². The largest absolute Gasteiger partial charge is 0.497 e. The molecule has 6 nitrogen and oxygen atoms in total. The van der Waals surface area contributed by atoms with E-state index in [9.17, 15) is 9.36 Å². The number of amides is 1. The Balaban J connectivity index is 2.16. The van der Waals surface area contributed by atoms with Gasteiger partial charge in [-0.25, -0.2) is 0 Å². The maximum Gasteiger partial charge on any atom is 0.357 e. The molecular formula is C17H18NO5P. The lowest BCUT2D eigenvalue weighted by Crippen LogP contribution is -2.28. The summed E-state index contributed by atoms with van der Waals surface area (Å²) in [6, 6.07) is 14.0. The van der Waals surface area contributed by atoms with E-state index in [0.29, 0.717) is 22.6 Å². The van der Waals surface area contributed by atoms with Gasteiger partial charge in [0.25, 0.3) is 5.91 Å². The molecule has 2 aromatic rings. The molecule has 24 heavy (non-hydrogen) atoms. The number of methoxy groups -OCH3 is 1. The van der Waals surface area contributed by atoms with Gasteiger partial charge in [0.05, 0.1) is 7.11 Å². The molecule has 1 unspecified atom stereocenters. The molecule has 1 aliphatic rings. The van der Waals surface area contributed by atoms with Gasteiger partial charge >= 0.3 is 7.60 Å². The fourth-order valence-corrected chi connectivity index (χ4v) is 4.52. The summed E-state index contributed by atoms with van der Waals surface area (Å²) in [5.74, 6) is -0.402. The number of anilines is 1. The van der Waals surface area contributed by atoms with Gasteiger partial charge in [-0.15, -0.1) is 0 Å². The van der Waals surface area contributed by atoms with Crippen molar-refractivity contribution in [2.45, 2.75) is 5.78 Å². The van der Waals surface area contributed by atoms with Gasteiger partial charge in [-0.05, 0) is 35.9 Å². The second-order valence-corrected chi connectivity index (χ2v) is 7.54. The first-order valence-electron chi connectivity index (χ1n) is 7.33. The van der Waals surface area contributed by atoms with Crippen molar-refractivity contribution >= 4 is 19.2 Å². The fraction of sp³-hybridized carbons (Fsp3) is 0.235. The summed E-state index contributed by atoms with van der Waals surface area (Å²) in [5, 5.41) is 0. The van der Waals surface area contributed by atoms with Crippen molar-refractivity contribution in [3.63, 3.8) is 0 Å². The van der Waals surface area contributed by atoms with E-state index in [4.69, 9.17) is 13.8 Å². The summed E-state index contributed by atoms with van der Waals surface area (Å²) in [5.41, 5.74) is 1.72. The number of nitrogens with zero attached hydrogens (tertiary/aromatic N) is 1. The van der Waals surface area contributed by atoms with E-state index in [-0.39, 0.29) is 5.91 Å². The summed E-state index contributed by atoms with van der Waals surface area (Å²) >= 11 is 0. The predicted molar refractivity (Wildman–Crippen MR) is 90.6 cm³/mol. The van der Waals surface area contributed by atoms with Crippen LogP contribution in [0.15, 0.2) is 48.5 Å². The summed E-state index contributed by atoms with van der Waals surface area (Å²) in [7, 11) is 0.646. The molecular weight excluding hydrogens is 329 g/mol. The zero-order valence-electron chi connectivity index (χ0n) is 13.6. The van der Waals surface area contributed by atoms with Crippen molar-refractivity contribution in [1.82, 2.24) is 0 Å². The molecule has 0 radical (unpaired) electrons. The Kier molecular flexibility index (Phi) is 4.45. The molecule has 126 valence electrons. The molecule has 1 heterocycles. The monoisotopic (exact) mass is 347 g/mol. The Hall–Kier alpha value is -2.14. The number of hydrogen-bond acceptors (Lipinski definition) is 5. The smallest absolute Gasteiger partial charge is 0.357 e. The minimum Gasteiger partial charge on any atom is -0.497 e. The summed E-state index contributed by atoms with van der Waals surface area (Å²) in [4.78, 5) is 14.4. The fourth-order valence-electron chi connectivity index (χ4n) is 2.88. The quantitative estimate of drug-likeness (QED) is 0.769. The lowest BCUT2D eigenvalue weighted by atomic mass is 10.1. The van der Waals surface area contributed by atoms with Crippen LogP contribution in [0.1, 0.15) is 21.7 Å². The molecule has 0 bridgehead atoms. The van der Waals surface area contributed by atoms with Crippen molar-refractivity contribution in [3.05, 3.63) is 59.7 Å². The van der Waals surface area contributed by atoms with Crippen molar-refractivity contribution in [2.75, 3.05) is 26.2 Å². The molecule has 0 aliphatic carbocycles. The van der Waals surface area contributed by atoms with E-state index >= 15 is 0 Å². The minimum atomic E-state index is -3.57. The molecule has 3 rings (SSSR count). The number of benzene rings is 2. The van der Waals surface area contributed by atoms with Crippen molar-refractivity contribution in [2.24, 2.45) is 0 Å². The van der Waals surface area contributed by atoms with Crippen molar-refractivity contribution in [1.29, 1.82) is 0 Å². The number of rotatable bonds is 5. The van der Waals surface area contributed by atoms with Gasteiger partial charge in [-0.3, -0.25) is 14.3 Å². The topological polar surface area (TPSA) is 65.1 Å². The number of hydrogen-bond donors (Lipinski definition) is 0. The molecule has 1 aliphatic heterocycles. The van der Waals surface area contributed by atoms with Crippen LogP contribution in [0.25, 0.3) is 0 Å². The van der Waals surface area contributed by atoms with Gasteiger partial charge in [-0.1, -0.05) is 18.2 Å². The van der Waals surface area contributed by atoms with Crippen LogP contribution in [0.4, 0.5) is 5.69 Å². The molecule has 0 fully saturated rings. The Morgan fingerprint density at radius 3 is 2.17 bits per heavy atom. The highest BCUT2D eigenvalue weighted by molar-refractivity contribution is 7.54. The third-order valence-corrected chi connectivity index (χ3v) is 6.22. The third kappa shape index (κ3) is 2.53. The zero-order chi connectivity index (χ0) is 17.3. The molecule has 0 aromatic heterocycles. The number of carbonyl (C=O) groups is 1. The summed E-state index contributed by atoms with van der Waals surface area (Å²) in [6.45, 7) is 0. The van der Waals surface area contributed by atoms with E-state index in [1.165, 1.54) is 19.1 Å². The van der Waals surface area contributed by atoms with Gasteiger partial charge in [0.15, 0.2) is 5.78 Å². The molecule has 0 spiro atoms.